The number of ether oxygens (including phenoxy) is 2. The van der Waals surface area contributed by atoms with Crippen LogP contribution in [0.25, 0.3) is 0 Å². The lowest BCUT2D eigenvalue weighted by molar-refractivity contribution is -0.118. The highest BCUT2D eigenvalue weighted by Crippen LogP contribution is 2.59. The molecule has 1 N–H and O–H groups in total. The predicted molar refractivity (Wildman–Crippen MR) is 104 cm³/mol. The highest BCUT2D eigenvalue weighted by atomic mass is 35.5. The summed E-state index contributed by atoms with van der Waals surface area (Å²) in [7, 11) is 0. The minimum atomic E-state index is -0.103. The third-order valence-electron chi connectivity index (χ3n) is 5.89. The summed E-state index contributed by atoms with van der Waals surface area (Å²) in [4.78, 5) is 27.3. The molecule has 2 atom stereocenters. The molecule has 2 heterocycles. The second kappa shape index (κ2) is 6.41. The van der Waals surface area contributed by atoms with E-state index in [9.17, 15) is 9.59 Å². The maximum absolute atomic E-state index is 12.7. The number of halogens is 1. The van der Waals surface area contributed by atoms with Crippen molar-refractivity contribution in [1.82, 2.24) is 4.90 Å². The fourth-order valence-corrected chi connectivity index (χ4v) is 4.44. The van der Waals surface area contributed by atoms with Crippen LogP contribution in [0.5, 0.6) is 11.5 Å². The molecule has 2 aromatic rings. The van der Waals surface area contributed by atoms with E-state index in [4.69, 9.17) is 21.1 Å². The second-order valence-corrected chi connectivity index (χ2v) is 8.10. The number of likely N-dealkylation sites (tertiary alicyclic amines) is 1. The van der Waals surface area contributed by atoms with Crippen molar-refractivity contribution in [1.29, 1.82) is 0 Å². The van der Waals surface area contributed by atoms with Crippen molar-refractivity contribution < 1.29 is 19.1 Å². The average Bonchev–Trinajstić information content (AvgIpc) is 3.01. The van der Waals surface area contributed by atoms with Gasteiger partial charge in [0.05, 0.1) is 0 Å². The monoisotopic (exact) mass is 398 g/mol. The minimum absolute atomic E-state index is 0.00378. The van der Waals surface area contributed by atoms with Crippen LogP contribution in [0.1, 0.15) is 23.2 Å². The number of hydrogen-bond donors (Lipinski definition) is 1. The topological polar surface area (TPSA) is 67.9 Å². The number of carbonyl (C=O) groups excluding carboxylic acids is 2. The summed E-state index contributed by atoms with van der Waals surface area (Å²) in [6, 6.07) is 12.4. The van der Waals surface area contributed by atoms with Gasteiger partial charge in [0.1, 0.15) is 0 Å². The molecule has 1 saturated heterocycles. The van der Waals surface area contributed by atoms with Gasteiger partial charge in [0.2, 0.25) is 12.7 Å². The summed E-state index contributed by atoms with van der Waals surface area (Å²) in [5.41, 5.74) is 1.18. The summed E-state index contributed by atoms with van der Waals surface area (Å²) in [5.74, 6) is 1.22. The number of anilines is 1. The number of carbonyl (C=O) groups is 2. The molecule has 0 aromatic heterocycles. The van der Waals surface area contributed by atoms with E-state index in [0.717, 1.165) is 12.8 Å². The van der Waals surface area contributed by atoms with Crippen molar-refractivity contribution in [3.8, 4) is 11.5 Å². The van der Waals surface area contributed by atoms with Gasteiger partial charge in [-0.3, -0.25) is 9.59 Å². The van der Waals surface area contributed by atoms with Gasteiger partial charge in [0.25, 0.3) is 5.91 Å². The Balaban J connectivity index is 1.23. The van der Waals surface area contributed by atoms with Crippen LogP contribution >= 0.6 is 11.6 Å². The molecule has 7 heteroatoms. The SMILES string of the molecule is O=C(Nc1ccc2c(c1)OCO2)C1CC12CCN(C(=O)c1cccc(Cl)c1)C2. The zero-order chi connectivity index (χ0) is 19.3. The summed E-state index contributed by atoms with van der Waals surface area (Å²) in [6.07, 6.45) is 1.65. The maximum atomic E-state index is 12.7. The van der Waals surface area contributed by atoms with Gasteiger partial charge in [-0.1, -0.05) is 17.7 Å². The first-order valence-electron chi connectivity index (χ1n) is 9.29. The number of nitrogens with one attached hydrogen (secondary N) is 1. The highest BCUT2D eigenvalue weighted by Gasteiger charge is 2.61. The first-order valence-corrected chi connectivity index (χ1v) is 9.67. The zero-order valence-electron chi connectivity index (χ0n) is 15.1. The first-order chi connectivity index (χ1) is 13.5. The average molecular weight is 399 g/mol. The lowest BCUT2D eigenvalue weighted by atomic mass is 10.0. The number of rotatable bonds is 3. The lowest BCUT2D eigenvalue weighted by Gasteiger charge is -2.17. The molecule has 3 aliphatic rings. The van der Waals surface area contributed by atoms with Gasteiger partial charge in [-0.05, 0) is 43.2 Å². The summed E-state index contributed by atoms with van der Waals surface area (Å²) in [5, 5.41) is 3.52. The molecule has 28 heavy (non-hydrogen) atoms. The molecule has 2 unspecified atom stereocenters. The van der Waals surface area contributed by atoms with Crippen LogP contribution in [0.15, 0.2) is 42.5 Å². The maximum Gasteiger partial charge on any atom is 0.253 e. The summed E-state index contributed by atoms with van der Waals surface area (Å²) < 4.78 is 10.6. The molecule has 0 bridgehead atoms. The number of hydrogen-bond acceptors (Lipinski definition) is 4. The molecule has 2 aliphatic heterocycles. The molecule has 144 valence electrons. The molecule has 1 saturated carbocycles. The Labute approximate surface area is 167 Å². The smallest absolute Gasteiger partial charge is 0.253 e. The van der Waals surface area contributed by atoms with Crippen molar-refractivity contribution in [2.24, 2.45) is 11.3 Å². The molecule has 2 aromatic carbocycles. The van der Waals surface area contributed by atoms with Crippen LogP contribution in [0.3, 0.4) is 0 Å². The Morgan fingerprint density at radius 1 is 1.14 bits per heavy atom. The van der Waals surface area contributed by atoms with Crippen LogP contribution < -0.4 is 14.8 Å². The largest absolute Gasteiger partial charge is 0.454 e. The Bertz CT molecular complexity index is 979. The predicted octanol–water partition coefficient (Wildman–Crippen LogP) is 3.56. The van der Waals surface area contributed by atoms with Gasteiger partial charge in [0, 0.05) is 46.8 Å². The van der Waals surface area contributed by atoms with Gasteiger partial charge >= 0.3 is 0 Å². The highest BCUT2D eigenvalue weighted by molar-refractivity contribution is 6.30. The summed E-state index contributed by atoms with van der Waals surface area (Å²) >= 11 is 6.00. The molecular weight excluding hydrogens is 380 g/mol. The van der Waals surface area contributed by atoms with Crippen molar-refractivity contribution in [2.75, 3.05) is 25.2 Å². The first kappa shape index (κ1) is 17.4. The zero-order valence-corrected chi connectivity index (χ0v) is 15.9. The van der Waals surface area contributed by atoms with E-state index in [1.54, 1.807) is 36.4 Å². The van der Waals surface area contributed by atoms with Gasteiger partial charge in [0.15, 0.2) is 11.5 Å². The Morgan fingerprint density at radius 2 is 2.00 bits per heavy atom. The van der Waals surface area contributed by atoms with E-state index >= 15 is 0 Å². The molecule has 6 nitrogen and oxygen atoms in total. The number of benzene rings is 2. The molecular formula is C21H19ClN2O4. The molecule has 2 fully saturated rings. The normalized spacial score (nSPS) is 24.5. The lowest BCUT2D eigenvalue weighted by Crippen LogP contribution is -2.30. The van der Waals surface area contributed by atoms with Crippen molar-refractivity contribution in [3.05, 3.63) is 53.1 Å². The second-order valence-electron chi connectivity index (χ2n) is 7.66. The Morgan fingerprint density at radius 3 is 2.86 bits per heavy atom. The van der Waals surface area contributed by atoms with E-state index in [2.05, 4.69) is 5.32 Å². The van der Waals surface area contributed by atoms with E-state index in [1.807, 2.05) is 11.0 Å². The van der Waals surface area contributed by atoms with Crippen LogP contribution in [-0.2, 0) is 4.79 Å². The fourth-order valence-electron chi connectivity index (χ4n) is 4.25. The van der Waals surface area contributed by atoms with Crippen molar-refractivity contribution >= 4 is 29.1 Å². The van der Waals surface area contributed by atoms with E-state index < -0.39 is 0 Å². The molecule has 1 aliphatic carbocycles. The van der Waals surface area contributed by atoms with Gasteiger partial charge in [-0.2, -0.15) is 0 Å². The minimum Gasteiger partial charge on any atom is -0.454 e. The van der Waals surface area contributed by atoms with E-state index in [0.29, 0.717) is 40.9 Å². The molecule has 2 amide bonds. The Kier molecular flexibility index (Phi) is 3.98. The molecule has 1 spiro atoms. The molecule has 0 radical (unpaired) electrons. The number of amides is 2. The van der Waals surface area contributed by atoms with Gasteiger partial charge < -0.3 is 19.7 Å². The van der Waals surface area contributed by atoms with Crippen molar-refractivity contribution in [3.63, 3.8) is 0 Å². The van der Waals surface area contributed by atoms with Crippen LogP contribution in [-0.4, -0.2) is 36.6 Å². The molecule has 5 rings (SSSR count). The van der Waals surface area contributed by atoms with Crippen LogP contribution in [0.2, 0.25) is 5.02 Å². The van der Waals surface area contributed by atoms with Crippen LogP contribution in [0, 0.1) is 11.3 Å². The third kappa shape index (κ3) is 2.98. The number of nitrogens with zero attached hydrogens (tertiary/aromatic N) is 1. The van der Waals surface area contributed by atoms with Gasteiger partial charge in [-0.25, -0.2) is 0 Å². The standard InChI is InChI=1S/C21H19ClN2O4/c22-14-3-1-2-13(8-14)20(26)24-7-6-21(11-24)10-16(21)19(25)23-15-4-5-17-18(9-15)28-12-27-17/h1-5,8-9,16H,6-7,10-12H2,(H,23,25). The van der Waals surface area contributed by atoms with Crippen molar-refractivity contribution in [2.45, 2.75) is 12.8 Å². The summed E-state index contributed by atoms with van der Waals surface area (Å²) in [6.45, 7) is 1.48. The Hall–Kier alpha value is -2.73. The van der Waals surface area contributed by atoms with E-state index in [1.165, 1.54) is 0 Å². The third-order valence-corrected chi connectivity index (χ3v) is 6.13. The van der Waals surface area contributed by atoms with Gasteiger partial charge in [-0.15, -0.1) is 0 Å². The number of fused-ring (bicyclic) bond motifs is 1. The van der Waals surface area contributed by atoms with Crippen LogP contribution in [0.4, 0.5) is 5.69 Å². The quantitative estimate of drug-likeness (QED) is 0.858. The fraction of sp³-hybridized carbons (Fsp3) is 0.333. The van der Waals surface area contributed by atoms with E-state index in [-0.39, 0.29) is 29.9 Å².